The van der Waals surface area contributed by atoms with Crippen molar-refractivity contribution in [3.8, 4) is 22.9 Å². The van der Waals surface area contributed by atoms with Crippen LogP contribution >= 0.6 is 11.3 Å². The normalized spacial score (nSPS) is 15.8. The summed E-state index contributed by atoms with van der Waals surface area (Å²) in [6.45, 7) is 6.99. The second-order valence-electron chi connectivity index (χ2n) is 8.09. The van der Waals surface area contributed by atoms with Gasteiger partial charge in [0.25, 0.3) is 5.91 Å². The number of hydrogen-bond acceptors (Lipinski definition) is 6. The van der Waals surface area contributed by atoms with Crippen LogP contribution in [-0.2, 0) is 11.3 Å². The first kappa shape index (κ1) is 22.4. The number of nitrogens with one attached hydrogen (secondary N) is 1. The lowest BCUT2D eigenvalue weighted by Gasteiger charge is -2.18. The average molecular weight is 456 g/mol. The van der Waals surface area contributed by atoms with Crippen LogP contribution in [-0.4, -0.2) is 35.2 Å². The van der Waals surface area contributed by atoms with Crippen LogP contribution in [0, 0.1) is 6.92 Å². The number of thiazole rings is 1. The fourth-order valence-electron chi connectivity index (χ4n) is 3.84. The first-order chi connectivity index (χ1) is 15.5. The maximum Gasteiger partial charge on any atom is 0.253 e. The number of methoxy groups -OCH3 is 1. The molecular formula is C24H29N3O4S. The molecule has 8 heteroatoms. The molecule has 1 fully saturated rings. The Bertz CT molecular complexity index is 1070. The van der Waals surface area contributed by atoms with E-state index in [1.54, 1.807) is 18.4 Å². The third-order valence-corrected chi connectivity index (χ3v) is 6.21. The van der Waals surface area contributed by atoms with Gasteiger partial charge in [0.1, 0.15) is 29.3 Å². The highest BCUT2D eigenvalue weighted by atomic mass is 32.1. The van der Waals surface area contributed by atoms with Crippen LogP contribution in [0.25, 0.3) is 11.4 Å². The zero-order valence-corrected chi connectivity index (χ0v) is 19.7. The van der Waals surface area contributed by atoms with Crippen LogP contribution in [0.1, 0.15) is 54.0 Å². The fraction of sp³-hybridized carbons (Fsp3) is 0.417. The van der Waals surface area contributed by atoms with Crippen LogP contribution in [0.2, 0.25) is 0 Å². The number of amides is 1. The number of rotatable bonds is 8. The summed E-state index contributed by atoms with van der Waals surface area (Å²) < 4.78 is 19.1. The van der Waals surface area contributed by atoms with E-state index in [9.17, 15) is 4.79 Å². The van der Waals surface area contributed by atoms with Gasteiger partial charge in [-0.2, -0.15) is 0 Å². The Morgan fingerprint density at radius 3 is 2.72 bits per heavy atom. The van der Waals surface area contributed by atoms with Gasteiger partial charge in [-0.1, -0.05) is 0 Å². The summed E-state index contributed by atoms with van der Waals surface area (Å²) in [5.41, 5.74) is 3.28. The molecule has 0 spiro atoms. The average Bonchev–Trinajstić information content (AvgIpc) is 3.52. The van der Waals surface area contributed by atoms with Gasteiger partial charge < -0.3 is 24.1 Å². The van der Waals surface area contributed by atoms with Crippen molar-refractivity contribution in [2.75, 3.05) is 13.7 Å². The van der Waals surface area contributed by atoms with E-state index in [1.807, 2.05) is 56.5 Å². The Balaban J connectivity index is 1.58. The molecule has 1 unspecified atom stereocenters. The summed E-state index contributed by atoms with van der Waals surface area (Å²) >= 11 is 1.54. The van der Waals surface area contributed by atoms with E-state index in [0.717, 1.165) is 53.0 Å². The van der Waals surface area contributed by atoms with Crippen LogP contribution in [0.15, 0.2) is 35.7 Å². The summed E-state index contributed by atoms with van der Waals surface area (Å²) in [6, 6.07) is 9.47. The van der Waals surface area contributed by atoms with E-state index in [0.29, 0.717) is 12.2 Å². The highest BCUT2D eigenvalue weighted by molar-refractivity contribution is 7.09. The minimum Gasteiger partial charge on any atom is -0.497 e. The maximum atomic E-state index is 12.8. The zero-order valence-electron chi connectivity index (χ0n) is 18.9. The van der Waals surface area contributed by atoms with Crippen LogP contribution in [0.3, 0.4) is 0 Å². The van der Waals surface area contributed by atoms with E-state index >= 15 is 0 Å². The Hall–Kier alpha value is -2.84. The van der Waals surface area contributed by atoms with Gasteiger partial charge in [-0.15, -0.1) is 11.3 Å². The lowest BCUT2D eigenvalue weighted by molar-refractivity contribution is 0.0565. The molecule has 32 heavy (non-hydrogen) atoms. The molecule has 3 heterocycles. The van der Waals surface area contributed by atoms with Gasteiger partial charge in [0, 0.05) is 23.7 Å². The molecule has 0 aliphatic carbocycles. The van der Waals surface area contributed by atoms with Crippen LogP contribution in [0.5, 0.6) is 11.5 Å². The molecule has 170 valence electrons. The predicted molar refractivity (Wildman–Crippen MR) is 124 cm³/mol. The molecule has 7 nitrogen and oxygen atoms in total. The van der Waals surface area contributed by atoms with Gasteiger partial charge in [-0.3, -0.25) is 4.79 Å². The van der Waals surface area contributed by atoms with E-state index < -0.39 is 0 Å². The van der Waals surface area contributed by atoms with Crippen molar-refractivity contribution < 1.29 is 19.0 Å². The molecule has 3 aromatic rings. The van der Waals surface area contributed by atoms with Crippen molar-refractivity contribution in [1.29, 1.82) is 0 Å². The van der Waals surface area contributed by atoms with Gasteiger partial charge in [-0.05, 0) is 63.9 Å². The number of benzene rings is 1. The highest BCUT2D eigenvalue weighted by Crippen LogP contribution is 2.35. The lowest BCUT2D eigenvalue weighted by atomic mass is 10.2. The second-order valence-corrected chi connectivity index (χ2v) is 9.03. The third-order valence-electron chi connectivity index (χ3n) is 5.39. The van der Waals surface area contributed by atoms with Gasteiger partial charge in [0.05, 0.1) is 24.1 Å². The van der Waals surface area contributed by atoms with Crippen molar-refractivity contribution in [3.05, 3.63) is 52.0 Å². The minimum atomic E-state index is -0.0775. The number of ether oxygens (including phenoxy) is 3. The van der Waals surface area contributed by atoms with Crippen LogP contribution < -0.4 is 14.8 Å². The predicted octanol–water partition coefficient (Wildman–Crippen LogP) is 4.95. The molecule has 4 rings (SSSR count). The fourth-order valence-corrected chi connectivity index (χ4v) is 4.53. The van der Waals surface area contributed by atoms with E-state index in [-0.39, 0.29) is 18.2 Å². The summed E-state index contributed by atoms with van der Waals surface area (Å²) in [5, 5.41) is 5.87. The summed E-state index contributed by atoms with van der Waals surface area (Å²) in [7, 11) is 1.64. The zero-order chi connectivity index (χ0) is 22.7. The summed E-state index contributed by atoms with van der Waals surface area (Å²) in [6.07, 6.45) is 1.85. The maximum absolute atomic E-state index is 12.8. The van der Waals surface area contributed by atoms with Gasteiger partial charge in [0.2, 0.25) is 0 Å². The van der Waals surface area contributed by atoms with Crippen molar-refractivity contribution in [2.45, 2.75) is 52.5 Å². The molecular weight excluding hydrogens is 426 g/mol. The molecule has 1 aliphatic rings. The summed E-state index contributed by atoms with van der Waals surface area (Å²) in [4.78, 5) is 17.6. The monoisotopic (exact) mass is 455 g/mol. The molecule has 1 atom stereocenters. The third kappa shape index (κ3) is 4.81. The SMILES string of the molecule is COc1ccc(OCc2nc(-c3cc(C(=O)NC(C)C)c(C)n3C3CCCO3)cs2)cc1. The van der Waals surface area contributed by atoms with E-state index in [1.165, 1.54) is 0 Å². The van der Waals surface area contributed by atoms with E-state index in [4.69, 9.17) is 19.2 Å². The standard InChI is InChI=1S/C24H29N3O4S/c1-15(2)25-24(28)19-12-21(27(16(19)3)23-6-5-11-30-23)20-14-32-22(26-20)13-31-18-9-7-17(29-4)8-10-18/h7-10,12,14-15,23H,5-6,11,13H2,1-4H3,(H,25,28). The van der Waals surface area contributed by atoms with Crippen molar-refractivity contribution >= 4 is 17.2 Å². The Morgan fingerprint density at radius 2 is 2.06 bits per heavy atom. The largest absolute Gasteiger partial charge is 0.497 e. The molecule has 0 saturated carbocycles. The number of nitrogens with zero attached hydrogens (tertiary/aromatic N) is 2. The molecule has 1 aliphatic heterocycles. The van der Waals surface area contributed by atoms with Gasteiger partial charge in [-0.25, -0.2) is 4.98 Å². The molecule has 1 saturated heterocycles. The first-order valence-electron chi connectivity index (χ1n) is 10.8. The quantitative estimate of drug-likeness (QED) is 0.520. The van der Waals surface area contributed by atoms with E-state index in [2.05, 4.69) is 9.88 Å². The number of carbonyl (C=O) groups is 1. The van der Waals surface area contributed by atoms with Gasteiger partial charge >= 0.3 is 0 Å². The molecule has 0 bridgehead atoms. The molecule has 1 N–H and O–H groups in total. The topological polar surface area (TPSA) is 74.6 Å². The minimum absolute atomic E-state index is 0.0670. The molecule has 0 radical (unpaired) electrons. The van der Waals surface area contributed by atoms with Crippen LogP contribution in [0.4, 0.5) is 0 Å². The van der Waals surface area contributed by atoms with Gasteiger partial charge in [0.15, 0.2) is 0 Å². The molecule has 1 aromatic carbocycles. The molecule has 2 aromatic heterocycles. The Morgan fingerprint density at radius 1 is 1.31 bits per heavy atom. The molecule has 1 amide bonds. The van der Waals surface area contributed by atoms with Crippen molar-refractivity contribution in [3.63, 3.8) is 0 Å². The van der Waals surface area contributed by atoms with Crippen molar-refractivity contribution in [2.24, 2.45) is 0 Å². The highest BCUT2D eigenvalue weighted by Gasteiger charge is 2.27. The van der Waals surface area contributed by atoms with Crippen molar-refractivity contribution in [1.82, 2.24) is 14.9 Å². The lowest BCUT2D eigenvalue weighted by Crippen LogP contribution is -2.30. The Labute approximate surface area is 192 Å². The smallest absolute Gasteiger partial charge is 0.253 e. The Kier molecular flexibility index (Phi) is 6.81. The number of carbonyl (C=O) groups excluding carboxylic acids is 1. The first-order valence-corrected chi connectivity index (χ1v) is 11.7. The number of aromatic nitrogens is 2. The summed E-state index contributed by atoms with van der Waals surface area (Å²) in [5.74, 6) is 1.47. The second kappa shape index (κ2) is 9.75. The number of hydrogen-bond donors (Lipinski definition) is 1.